The highest BCUT2D eigenvalue weighted by Gasteiger charge is 2.53. The Morgan fingerprint density at radius 1 is 1.17 bits per heavy atom. The molecule has 0 atom stereocenters. The van der Waals surface area contributed by atoms with Crippen molar-refractivity contribution in [2.24, 2.45) is 10.8 Å². The van der Waals surface area contributed by atoms with Crippen LogP contribution < -0.4 is 0 Å². The van der Waals surface area contributed by atoms with Crippen LogP contribution in [0.2, 0.25) is 0 Å². The van der Waals surface area contributed by atoms with Crippen molar-refractivity contribution in [1.29, 1.82) is 0 Å². The lowest BCUT2D eigenvalue weighted by Crippen LogP contribution is -2.47. The lowest BCUT2D eigenvalue weighted by atomic mass is 9.51. The Kier molecular flexibility index (Phi) is 1.54. The van der Waals surface area contributed by atoms with Gasteiger partial charge in [0.15, 0.2) is 0 Å². The number of allylic oxidation sites excluding steroid dienone is 2. The van der Waals surface area contributed by atoms with E-state index in [0.717, 1.165) is 0 Å². The van der Waals surface area contributed by atoms with Crippen molar-refractivity contribution in [2.45, 2.75) is 46.0 Å². The Balaban J connectivity index is 2.24. The Morgan fingerprint density at radius 2 is 1.75 bits per heavy atom. The summed E-state index contributed by atoms with van der Waals surface area (Å²) >= 11 is 0. The number of aliphatic hydroxyl groups is 1. The first kappa shape index (κ1) is 8.15. The van der Waals surface area contributed by atoms with Crippen molar-refractivity contribution < 1.29 is 5.11 Å². The van der Waals surface area contributed by atoms with Crippen LogP contribution >= 0.6 is 0 Å². The molecular weight excluding hydrogens is 148 g/mol. The lowest BCUT2D eigenvalue weighted by Gasteiger charge is -2.54. The summed E-state index contributed by atoms with van der Waals surface area (Å²) in [5, 5.41) is 9.55. The summed E-state index contributed by atoms with van der Waals surface area (Å²) in [6.45, 7) is 4.35. The SMILES string of the molecule is CC1(C)C(O)=CC12CCCCC2. The van der Waals surface area contributed by atoms with Crippen LogP contribution in [-0.4, -0.2) is 5.11 Å². The monoisotopic (exact) mass is 166 g/mol. The topological polar surface area (TPSA) is 20.2 Å². The third kappa shape index (κ3) is 0.797. The maximum Gasteiger partial charge on any atom is 0.0953 e. The van der Waals surface area contributed by atoms with Gasteiger partial charge in [0.2, 0.25) is 0 Å². The van der Waals surface area contributed by atoms with E-state index in [2.05, 4.69) is 19.9 Å². The zero-order valence-electron chi connectivity index (χ0n) is 8.06. The molecule has 2 aliphatic carbocycles. The molecule has 1 fully saturated rings. The smallest absolute Gasteiger partial charge is 0.0953 e. The van der Waals surface area contributed by atoms with Gasteiger partial charge >= 0.3 is 0 Å². The van der Waals surface area contributed by atoms with Crippen LogP contribution in [0.3, 0.4) is 0 Å². The molecule has 0 aromatic carbocycles. The van der Waals surface area contributed by atoms with Gasteiger partial charge in [-0.05, 0) is 18.9 Å². The predicted octanol–water partition coefficient (Wildman–Crippen LogP) is 3.42. The van der Waals surface area contributed by atoms with E-state index >= 15 is 0 Å². The van der Waals surface area contributed by atoms with Gasteiger partial charge in [0.1, 0.15) is 0 Å². The van der Waals surface area contributed by atoms with Gasteiger partial charge < -0.3 is 5.11 Å². The summed E-state index contributed by atoms with van der Waals surface area (Å²) in [5.41, 5.74) is 0.419. The summed E-state index contributed by atoms with van der Waals surface area (Å²) in [4.78, 5) is 0. The fourth-order valence-corrected chi connectivity index (χ4v) is 2.75. The average Bonchev–Trinajstić information content (AvgIpc) is 2.06. The number of hydrogen-bond donors (Lipinski definition) is 1. The van der Waals surface area contributed by atoms with Crippen molar-refractivity contribution >= 4 is 0 Å². The third-order valence-electron chi connectivity index (χ3n) is 4.04. The van der Waals surface area contributed by atoms with Crippen molar-refractivity contribution in [2.75, 3.05) is 0 Å². The molecule has 2 rings (SSSR count). The van der Waals surface area contributed by atoms with Crippen LogP contribution in [0.4, 0.5) is 0 Å². The Bertz CT molecular complexity index is 219. The van der Waals surface area contributed by atoms with Gasteiger partial charge in [0.05, 0.1) is 5.76 Å². The molecule has 1 saturated carbocycles. The summed E-state index contributed by atoms with van der Waals surface area (Å²) in [5.74, 6) is 0.615. The molecule has 0 unspecified atom stereocenters. The highest BCUT2D eigenvalue weighted by atomic mass is 16.3. The highest BCUT2D eigenvalue weighted by molar-refractivity contribution is 5.29. The van der Waals surface area contributed by atoms with E-state index in [1.807, 2.05) is 0 Å². The minimum Gasteiger partial charge on any atom is -0.512 e. The fourth-order valence-electron chi connectivity index (χ4n) is 2.75. The second kappa shape index (κ2) is 2.27. The zero-order valence-corrected chi connectivity index (χ0v) is 8.06. The molecule has 0 aliphatic heterocycles. The summed E-state index contributed by atoms with van der Waals surface area (Å²) < 4.78 is 0. The molecule has 2 aliphatic rings. The minimum atomic E-state index is 0.0629. The highest BCUT2D eigenvalue weighted by Crippen LogP contribution is 2.60. The third-order valence-corrected chi connectivity index (χ3v) is 4.04. The van der Waals surface area contributed by atoms with E-state index < -0.39 is 0 Å². The lowest BCUT2D eigenvalue weighted by molar-refractivity contribution is 0.0181. The molecule has 1 N–H and O–H groups in total. The molecule has 0 amide bonds. The number of hydrogen-bond acceptors (Lipinski definition) is 1. The maximum atomic E-state index is 9.55. The van der Waals surface area contributed by atoms with Crippen LogP contribution in [-0.2, 0) is 0 Å². The molecular formula is C11H18O. The molecule has 12 heavy (non-hydrogen) atoms. The maximum absolute atomic E-state index is 9.55. The molecule has 1 spiro atoms. The normalized spacial score (nSPS) is 31.0. The molecule has 68 valence electrons. The summed E-state index contributed by atoms with van der Waals surface area (Å²) in [7, 11) is 0. The van der Waals surface area contributed by atoms with Gasteiger partial charge in [0, 0.05) is 10.8 Å². The second-order valence-electron chi connectivity index (χ2n) is 4.87. The molecule has 0 bridgehead atoms. The van der Waals surface area contributed by atoms with Gasteiger partial charge in [-0.15, -0.1) is 0 Å². The first-order valence-corrected chi connectivity index (χ1v) is 5.01. The quantitative estimate of drug-likeness (QED) is 0.584. The van der Waals surface area contributed by atoms with Crippen molar-refractivity contribution in [3.63, 3.8) is 0 Å². The van der Waals surface area contributed by atoms with E-state index in [1.54, 1.807) is 0 Å². The van der Waals surface area contributed by atoms with E-state index in [0.29, 0.717) is 11.2 Å². The molecule has 0 radical (unpaired) electrons. The van der Waals surface area contributed by atoms with Crippen LogP contribution in [0.25, 0.3) is 0 Å². The summed E-state index contributed by atoms with van der Waals surface area (Å²) in [6.07, 6.45) is 8.73. The molecule has 0 heterocycles. The van der Waals surface area contributed by atoms with E-state index in [-0.39, 0.29) is 5.41 Å². The van der Waals surface area contributed by atoms with Crippen molar-refractivity contribution in [3.8, 4) is 0 Å². The predicted molar refractivity (Wildman–Crippen MR) is 50.0 cm³/mol. The minimum absolute atomic E-state index is 0.0629. The summed E-state index contributed by atoms with van der Waals surface area (Å²) in [6, 6.07) is 0. The van der Waals surface area contributed by atoms with Crippen LogP contribution in [0.5, 0.6) is 0 Å². The number of rotatable bonds is 0. The Hall–Kier alpha value is -0.460. The number of aliphatic hydroxyl groups excluding tert-OH is 1. The van der Waals surface area contributed by atoms with E-state index in [9.17, 15) is 5.11 Å². The van der Waals surface area contributed by atoms with E-state index in [1.165, 1.54) is 32.1 Å². The van der Waals surface area contributed by atoms with Crippen LogP contribution in [0.1, 0.15) is 46.0 Å². The molecule has 1 heteroatoms. The van der Waals surface area contributed by atoms with Gasteiger partial charge in [-0.25, -0.2) is 0 Å². The second-order valence-corrected chi connectivity index (χ2v) is 4.87. The first-order valence-electron chi connectivity index (χ1n) is 5.01. The van der Waals surface area contributed by atoms with Gasteiger partial charge in [-0.1, -0.05) is 33.1 Å². The Labute approximate surface area is 74.5 Å². The zero-order chi connectivity index (χ0) is 8.82. The van der Waals surface area contributed by atoms with Gasteiger partial charge in [-0.2, -0.15) is 0 Å². The van der Waals surface area contributed by atoms with Crippen molar-refractivity contribution in [1.82, 2.24) is 0 Å². The molecule has 0 saturated heterocycles. The molecule has 1 nitrogen and oxygen atoms in total. The molecule has 0 aromatic heterocycles. The molecule has 0 aromatic rings. The Morgan fingerprint density at radius 3 is 2.17 bits per heavy atom. The van der Waals surface area contributed by atoms with Gasteiger partial charge in [0.25, 0.3) is 0 Å². The van der Waals surface area contributed by atoms with Crippen molar-refractivity contribution in [3.05, 3.63) is 11.8 Å². The largest absolute Gasteiger partial charge is 0.512 e. The standard InChI is InChI=1S/C11H18O/c1-10(2)9(12)8-11(10)6-4-3-5-7-11/h8,12H,3-7H2,1-2H3. The first-order chi connectivity index (χ1) is 5.58. The van der Waals surface area contributed by atoms with E-state index in [4.69, 9.17) is 0 Å². The fraction of sp³-hybridized carbons (Fsp3) is 0.818. The average molecular weight is 166 g/mol. The van der Waals surface area contributed by atoms with Crippen LogP contribution in [0, 0.1) is 10.8 Å². The van der Waals surface area contributed by atoms with Gasteiger partial charge in [-0.3, -0.25) is 0 Å². The van der Waals surface area contributed by atoms with Crippen LogP contribution in [0.15, 0.2) is 11.8 Å².